The average molecular weight is 312 g/mol. The van der Waals surface area contributed by atoms with Gasteiger partial charge in [0.1, 0.15) is 0 Å². The molecule has 0 atom stereocenters. The third-order valence-corrected chi connectivity index (χ3v) is 5.28. The fourth-order valence-corrected chi connectivity index (χ4v) is 3.44. The first kappa shape index (κ1) is 16.0. The molecule has 2 aliphatic carbocycles. The Morgan fingerprint density at radius 2 is 1.70 bits per heavy atom. The minimum absolute atomic E-state index is 0.156. The summed E-state index contributed by atoms with van der Waals surface area (Å²) >= 11 is 0. The highest BCUT2D eigenvalue weighted by Gasteiger charge is 2.44. The van der Waals surface area contributed by atoms with Crippen molar-refractivity contribution < 1.29 is 9.90 Å². The largest absolute Gasteiger partial charge is 0.388 e. The van der Waals surface area contributed by atoms with E-state index in [0.29, 0.717) is 12.1 Å². The third-order valence-electron chi connectivity index (χ3n) is 5.28. The van der Waals surface area contributed by atoms with Gasteiger partial charge < -0.3 is 10.4 Å². The van der Waals surface area contributed by atoms with Crippen LogP contribution in [0.15, 0.2) is 24.3 Å². The molecule has 122 valence electrons. The number of benzene rings is 1. The number of rotatable bonds is 4. The first-order chi connectivity index (χ1) is 11.1. The molecule has 2 aliphatic rings. The second-order valence-electron chi connectivity index (χ2n) is 7.09. The quantitative estimate of drug-likeness (QED) is 0.839. The van der Waals surface area contributed by atoms with Crippen LogP contribution in [-0.4, -0.2) is 23.2 Å². The molecule has 0 aliphatic heterocycles. The molecule has 3 rings (SSSR count). The van der Waals surface area contributed by atoms with Crippen molar-refractivity contribution in [3.05, 3.63) is 35.4 Å². The van der Waals surface area contributed by atoms with Gasteiger partial charge in [-0.15, -0.1) is 0 Å². The van der Waals surface area contributed by atoms with Gasteiger partial charge in [0, 0.05) is 12.1 Å². The van der Waals surface area contributed by atoms with Gasteiger partial charge in [-0.25, -0.2) is 0 Å². The Morgan fingerprint density at radius 3 is 2.22 bits per heavy atom. The molecule has 0 aromatic heterocycles. The Labute approximate surface area is 137 Å². The van der Waals surface area contributed by atoms with Crippen LogP contribution in [-0.2, 0) is 5.41 Å². The summed E-state index contributed by atoms with van der Waals surface area (Å²) in [7, 11) is 0. The molecule has 2 fully saturated rings. The second kappa shape index (κ2) is 6.33. The Kier molecular flexibility index (Phi) is 4.41. The van der Waals surface area contributed by atoms with Crippen molar-refractivity contribution >= 4 is 5.91 Å². The maximum Gasteiger partial charge on any atom is 0.251 e. The van der Waals surface area contributed by atoms with E-state index in [9.17, 15) is 15.2 Å². The van der Waals surface area contributed by atoms with E-state index in [1.807, 2.05) is 12.1 Å². The first-order valence-electron chi connectivity index (χ1n) is 8.59. The molecule has 1 aromatic rings. The van der Waals surface area contributed by atoms with Crippen LogP contribution >= 0.6 is 0 Å². The number of nitrogens with one attached hydrogen (secondary N) is 1. The summed E-state index contributed by atoms with van der Waals surface area (Å²) in [5.74, 6) is -0.156. The minimum Gasteiger partial charge on any atom is -0.388 e. The number of nitrogens with zero attached hydrogens (tertiary/aromatic N) is 1. The van der Waals surface area contributed by atoms with Crippen molar-refractivity contribution in [2.75, 3.05) is 6.54 Å². The smallest absolute Gasteiger partial charge is 0.251 e. The standard InChI is InChI=1S/C19H24N2O2/c20-13-18(11-12-18)16-7-5-15(6-8-16)17(22)21-14-19(23)9-3-1-2-4-10-19/h5-8,23H,1-4,9-12,14H2,(H,21,22). The minimum atomic E-state index is -0.759. The fraction of sp³-hybridized carbons (Fsp3) is 0.579. The summed E-state index contributed by atoms with van der Waals surface area (Å²) in [4.78, 5) is 12.3. The molecule has 1 amide bonds. The van der Waals surface area contributed by atoms with E-state index in [1.54, 1.807) is 12.1 Å². The highest BCUT2D eigenvalue weighted by atomic mass is 16.3. The number of aliphatic hydroxyl groups is 1. The van der Waals surface area contributed by atoms with Crippen molar-refractivity contribution in [3.8, 4) is 6.07 Å². The summed E-state index contributed by atoms with van der Waals surface area (Å²) < 4.78 is 0. The molecule has 0 spiro atoms. The molecule has 0 radical (unpaired) electrons. The highest BCUT2D eigenvalue weighted by Crippen LogP contribution is 2.47. The van der Waals surface area contributed by atoms with Crippen LogP contribution < -0.4 is 5.32 Å². The summed E-state index contributed by atoms with van der Waals surface area (Å²) in [6.45, 7) is 0.315. The monoisotopic (exact) mass is 312 g/mol. The summed E-state index contributed by atoms with van der Waals surface area (Å²) in [5.41, 5.74) is 0.508. The number of hydrogen-bond donors (Lipinski definition) is 2. The van der Waals surface area contributed by atoms with Crippen LogP contribution in [0.5, 0.6) is 0 Å². The molecule has 0 bridgehead atoms. The summed E-state index contributed by atoms with van der Waals surface area (Å²) in [6.07, 6.45) is 7.71. The predicted octanol–water partition coefficient (Wildman–Crippen LogP) is 3.06. The molecular formula is C19H24N2O2. The van der Waals surface area contributed by atoms with Crippen molar-refractivity contribution in [3.63, 3.8) is 0 Å². The van der Waals surface area contributed by atoms with Gasteiger partial charge in [-0.05, 0) is 43.4 Å². The molecule has 2 saturated carbocycles. The number of carbonyl (C=O) groups excluding carboxylic acids is 1. The van der Waals surface area contributed by atoms with E-state index in [-0.39, 0.29) is 11.3 Å². The second-order valence-corrected chi connectivity index (χ2v) is 7.09. The zero-order valence-electron chi connectivity index (χ0n) is 13.5. The topological polar surface area (TPSA) is 73.1 Å². The maximum absolute atomic E-state index is 12.3. The van der Waals surface area contributed by atoms with E-state index >= 15 is 0 Å². The molecule has 4 nitrogen and oxygen atoms in total. The molecule has 2 N–H and O–H groups in total. The summed E-state index contributed by atoms with van der Waals surface area (Å²) in [6, 6.07) is 9.68. The lowest BCUT2D eigenvalue weighted by molar-refractivity contribution is 0.0246. The molecule has 1 aromatic carbocycles. The van der Waals surface area contributed by atoms with Crippen molar-refractivity contribution in [1.82, 2.24) is 5.32 Å². The van der Waals surface area contributed by atoms with E-state index < -0.39 is 5.60 Å². The number of nitriles is 1. The third kappa shape index (κ3) is 3.56. The number of amides is 1. The molecule has 0 saturated heterocycles. The lowest BCUT2D eigenvalue weighted by Gasteiger charge is -2.26. The molecule has 0 heterocycles. The molecule has 4 heteroatoms. The van der Waals surface area contributed by atoms with Crippen LogP contribution in [0.2, 0.25) is 0 Å². The van der Waals surface area contributed by atoms with Crippen LogP contribution in [0, 0.1) is 11.3 Å². The van der Waals surface area contributed by atoms with Crippen molar-refractivity contribution in [2.45, 2.75) is 62.4 Å². The normalized spacial score (nSPS) is 21.7. The van der Waals surface area contributed by atoms with E-state index in [4.69, 9.17) is 0 Å². The van der Waals surface area contributed by atoms with Gasteiger partial charge in [0.15, 0.2) is 0 Å². The first-order valence-corrected chi connectivity index (χ1v) is 8.59. The van der Waals surface area contributed by atoms with E-state index in [1.165, 1.54) is 12.8 Å². The van der Waals surface area contributed by atoms with Crippen molar-refractivity contribution in [1.29, 1.82) is 5.26 Å². The zero-order chi connectivity index (χ0) is 16.3. The van der Waals surface area contributed by atoms with Gasteiger partial charge >= 0.3 is 0 Å². The number of hydrogen-bond acceptors (Lipinski definition) is 3. The summed E-state index contributed by atoms with van der Waals surface area (Å²) in [5, 5.41) is 22.7. The van der Waals surface area contributed by atoms with E-state index in [2.05, 4.69) is 11.4 Å². The van der Waals surface area contributed by atoms with Gasteiger partial charge in [0.05, 0.1) is 17.1 Å². The lowest BCUT2D eigenvalue weighted by Crippen LogP contribution is -2.42. The van der Waals surface area contributed by atoms with Crippen LogP contribution in [0.4, 0.5) is 0 Å². The van der Waals surface area contributed by atoms with Gasteiger partial charge in [0.25, 0.3) is 5.91 Å². The predicted molar refractivity (Wildman–Crippen MR) is 88.0 cm³/mol. The van der Waals surface area contributed by atoms with Gasteiger partial charge in [-0.3, -0.25) is 4.79 Å². The van der Waals surface area contributed by atoms with Crippen molar-refractivity contribution in [2.24, 2.45) is 0 Å². The van der Waals surface area contributed by atoms with Crippen LogP contribution in [0.1, 0.15) is 67.3 Å². The van der Waals surface area contributed by atoms with Crippen LogP contribution in [0.3, 0.4) is 0 Å². The molecular weight excluding hydrogens is 288 g/mol. The maximum atomic E-state index is 12.3. The molecule has 23 heavy (non-hydrogen) atoms. The van der Waals surface area contributed by atoms with E-state index in [0.717, 1.165) is 44.1 Å². The average Bonchev–Trinajstić information content (AvgIpc) is 3.39. The SMILES string of the molecule is N#CC1(c2ccc(C(=O)NCC3(O)CCCCCC3)cc2)CC1. The Morgan fingerprint density at radius 1 is 1.09 bits per heavy atom. The number of carbonyl (C=O) groups is 1. The lowest BCUT2D eigenvalue weighted by atomic mass is 9.94. The Balaban J connectivity index is 1.59. The zero-order valence-corrected chi connectivity index (χ0v) is 13.5. The fourth-order valence-electron chi connectivity index (χ4n) is 3.44. The van der Waals surface area contributed by atoms with Gasteiger partial charge in [-0.1, -0.05) is 37.8 Å². The van der Waals surface area contributed by atoms with Gasteiger partial charge in [0.2, 0.25) is 0 Å². The van der Waals surface area contributed by atoms with Crippen LogP contribution in [0.25, 0.3) is 0 Å². The molecule has 0 unspecified atom stereocenters. The van der Waals surface area contributed by atoms with Gasteiger partial charge in [-0.2, -0.15) is 5.26 Å². The Bertz CT molecular complexity index is 603. The highest BCUT2D eigenvalue weighted by molar-refractivity contribution is 5.94. The Hall–Kier alpha value is -1.86.